The SMILES string of the molecule is CC1(C)c2c[n+](CCC[n+]3ccccc3)ccc2-c2cc[n+](CCC[n+]3ccccc3)cc21.CC1(C)c2cnccc2-c2ccncc21.ICCC[n+]1ccccc1. The molecule has 0 fully saturated rings. The van der Waals surface area contributed by atoms with Gasteiger partial charge in [0.25, 0.3) is 0 Å². The molecule has 0 amide bonds. The third kappa shape index (κ3) is 9.55. The summed E-state index contributed by atoms with van der Waals surface area (Å²) in [6.45, 7) is 14.5. The van der Waals surface area contributed by atoms with E-state index in [1.54, 1.807) is 0 Å². The fraction of sp³-hybridized carbons (Fsp3) is 0.300. The van der Waals surface area contributed by atoms with Crippen LogP contribution in [0.5, 0.6) is 0 Å². The van der Waals surface area contributed by atoms with Crippen LogP contribution in [0.4, 0.5) is 0 Å². The van der Waals surface area contributed by atoms with Crippen LogP contribution in [0.2, 0.25) is 0 Å². The van der Waals surface area contributed by atoms with E-state index < -0.39 is 0 Å². The average molecular weight is 883 g/mol. The molecule has 2 aliphatic rings. The van der Waals surface area contributed by atoms with Gasteiger partial charge in [-0.05, 0) is 45.5 Å². The molecule has 7 nitrogen and oxygen atoms in total. The standard InChI is InChI=1S/C29H34N4.C13H12N2.C8H11IN/c1-29(2)27-23-32(19-9-17-30-13-5-3-6-14-30)21-11-25(27)26-12-22-33(24-28(26)29)20-10-18-31-15-7-4-8-16-31;1-13(2)11-7-14-5-3-9(11)10-4-6-15-8-12(10)13;9-5-4-8-10-6-2-1-3-7-10/h3-8,11-16,21-24H,9-10,17-20H2,1-2H3;3-8H,1-2H3;1-3,6-7H,4-5,8H2/q+4;;+1. The zero-order chi connectivity index (χ0) is 40.4. The molecule has 0 saturated carbocycles. The predicted molar refractivity (Wildman–Crippen MR) is 237 cm³/mol. The molecule has 0 aliphatic heterocycles. The molecule has 0 atom stereocenters. The van der Waals surface area contributed by atoms with Gasteiger partial charge in [0, 0.05) is 106 Å². The van der Waals surface area contributed by atoms with Gasteiger partial charge in [-0.25, -0.2) is 22.8 Å². The Hall–Kier alpha value is -5.22. The molecule has 0 unspecified atom stereocenters. The fourth-order valence-corrected chi connectivity index (χ4v) is 8.57. The molecule has 0 N–H and O–H groups in total. The van der Waals surface area contributed by atoms with Crippen LogP contribution in [0.25, 0.3) is 22.3 Å². The minimum atomic E-state index is 0.0129. The first-order valence-electron chi connectivity index (χ1n) is 20.6. The predicted octanol–water partition coefficient (Wildman–Crippen LogP) is 7.91. The molecule has 2 aliphatic carbocycles. The average Bonchev–Trinajstić information content (AvgIpc) is 3.63. The number of aryl methyl sites for hydroxylation is 5. The molecule has 0 bridgehead atoms. The first kappa shape index (κ1) is 41.0. The Kier molecular flexibility index (Phi) is 13.4. The molecule has 0 aromatic carbocycles. The maximum Gasteiger partial charge on any atom is 0.173 e. The summed E-state index contributed by atoms with van der Waals surface area (Å²) in [4.78, 5) is 8.43. The third-order valence-electron chi connectivity index (χ3n) is 11.5. The molecule has 0 saturated heterocycles. The lowest BCUT2D eigenvalue weighted by molar-refractivity contribution is -0.727. The van der Waals surface area contributed by atoms with Crippen LogP contribution in [0.15, 0.2) is 166 Å². The first-order valence-corrected chi connectivity index (χ1v) is 22.1. The van der Waals surface area contributed by atoms with Gasteiger partial charge in [-0.2, -0.15) is 0 Å². The van der Waals surface area contributed by atoms with Gasteiger partial charge in [0.2, 0.25) is 0 Å². The van der Waals surface area contributed by atoms with Crippen molar-refractivity contribution in [2.75, 3.05) is 4.43 Å². The van der Waals surface area contributed by atoms with Gasteiger partial charge in [0.1, 0.15) is 6.54 Å². The summed E-state index contributed by atoms with van der Waals surface area (Å²) in [5.74, 6) is 0. The number of alkyl halides is 1. The van der Waals surface area contributed by atoms with E-state index in [9.17, 15) is 0 Å². The maximum atomic E-state index is 4.21. The molecule has 7 aromatic rings. The second-order valence-electron chi connectivity index (χ2n) is 16.2. The Balaban J connectivity index is 0.000000167. The molecule has 0 radical (unpaired) electrons. The highest BCUT2D eigenvalue weighted by Crippen LogP contribution is 2.48. The van der Waals surface area contributed by atoms with Gasteiger partial charge >= 0.3 is 0 Å². The van der Waals surface area contributed by atoms with E-state index in [1.807, 2.05) is 30.9 Å². The molecular formula is C50H57IN7+5. The Morgan fingerprint density at radius 2 is 0.759 bits per heavy atom. The molecule has 8 heteroatoms. The highest BCUT2D eigenvalue weighted by atomic mass is 127. The summed E-state index contributed by atoms with van der Waals surface area (Å²) in [6.07, 6.45) is 33.1. The van der Waals surface area contributed by atoms with Crippen molar-refractivity contribution in [1.29, 1.82) is 0 Å². The molecular weight excluding hydrogens is 826 g/mol. The van der Waals surface area contributed by atoms with Crippen molar-refractivity contribution in [3.63, 3.8) is 0 Å². The van der Waals surface area contributed by atoms with Gasteiger partial charge in [0.05, 0.1) is 12.8 Å². The topological polar surface area (TPSA) is 45.2 Å². The largest absolute Gasteiger partial charge is 0.264 e. The molecule has 0 spiro atoms. The summed E-state index contributed by atoms with van der Waals surface area (Å²) in [7, 11) is 0. The highest BCUT2D eigenvalue weighted by molar-refractivity contribution is 14.1. The summed E-state index contributed by atoms with van der Waals surface area (Å²) in [6, 6.07) is 27.5. The molecule has 58 heavy (non-hydrogen) atoms. The second kappa shape index (κ2) is 19.0. The number of fused-ring (bicyclic) bond motifs is 6. The first-order chi connectivity index (χ1) is 28.3. The van der Waals surface area contributed by atoms with E-state index in [-0.39, 0.29) is 10.8 Å². The van der Waals surface area contributed by atoms with E-state index in [4.69, 9.17) is 0 Å². The van der Waals surface area contributed by atoms with Crippen molar-refractivity contribution in [3.8, 4) is 22.3 Å². The summed E-state index contributed by atoms with van der Waals surface area (Å²) < 4.78 is 12.7. The Morgan fingerprint density at radius 1 is 0.414 bits per heavy atom. The number of pyridine rings is 7. The van der Waals surface area contributed by atoms with E-state index in [0.29, 0.717) is 0 Å². The van der Waals surface area contributed by atoms with Crippen LogP contribution in [0.1, 0.15) is 69.2 Å². The molecule has 294 valence electrons. The zero-order valence-electron chi connectivity index (χ0n) is 34.5. The lowest BCUT2D eigenvalue weighted by atomic mass is 9.84. The molecule has 7 aromatic heterocycles. The Bertz CT molecular complexity index is 2260. The van der Waals surface area contributed by atoms with Crippen LogP contribution in [-0.4, -0.2) is 14.4 Å². The Morgan fingerprint density at radius 3 is 1.16 bits per heavy atom. The van der Waals surface area contributed by atoms with Crippen LogP contribution in [0.3, 0.4) is 0 Å². The number of hydrogen-bond acceptors (Lipinski definition) is 2. The lowest BCUT2D eigenvalue weighted by Gasteiger charge is -2.19. The van der Waals surface area contributed by atoms with Crippen LogP contribution >= 0.6 is 22.6 Å². The third-order valence-corrected chi connectivity index (χ3v) is 12.3. The smallest absolute Gasteiger partial charge is 0.173 e. The van der Waals surface area contributed by atoms with Crippen molar-refractivity contribution in [3.05, 3.63) is 188 Å². The van der Waals surface area contributed by atoms with Crippen LogP contribution in [0, 0.1) is 0 Å². The van der Waals surface area contributed by atoms with E-state index in [2.05, 4.69) is 218 Å². The minimum absolute atomic E-state index is 0.0129. The second-order valence-corrected chi connectivity index (χ2v) is 17.3. The van der Waals surface area contributed by atoms with Gasteiger partial charge in [-0.1, -0.05) is 68.5 Å². The van der Waals surface area contributed by atoms with Gasteiger partial charge in [-0.15, -0.1) is 0 Å². The van der Waals surface area contributed by atoms with Gasteiger partial charge < -0.3 is 0 Å². The van der Waals surface area contributed by atoms with Crippen molar-refractivity contribution >= 4 is 22.6 Å². The summed E-state index contributed by atoms with van der Waals surface area (Å²) >= 11 is 2.40. The van der Waals surface area contributed by atoms with Gasteiger partial charge in [0.15, 0.2) is 88.1 Å². The number of hydrogen-bond donors (Lipinski definition) is 0. The van der Waals surface area contributed by atoms with Crippen molar-refractivity contribution in [1.82, 2.24) is 9.97 Å². The van der Waals surface area contributed by atoms with Gasteiger partial charge in [-0.3, -0.25) is 9.97 Å². The summed E-state index contributed by atoms with van der Waals surface area (Å²) in [5, 5.41) is 0. The van der Waals surface area contributed by atoms with Crippen molar-refractivity contribution in [2.24, 2.45) is 0 Å². The van der Waals surface area contributed by atoms with Crippen LogP contribution in [-0.2, 0) is 43.6 Å². The van der Waals surface area contributed by atoms with Crippen molar-refractivity contribution < 1.29 is 22.8 Å². The minimum Gasteiger partial charge on any atom is -0.264 e. The fourth-order valence-electron chi connectivity index (χ4n) is 8.23. The van der Waals surface area contributed by atoms with E-state index in [1.165, 1.54) is 55.4 Å². The number of nitrogens with zero attached hydrogens (tertiary/aromatic N) is 7. The molecule has 9 rings (SSSR count). The lowest BCUT2D eigenvalue weighted by Crippen LogP contribution is -2.39. The van der Waals surface area contributed by atoms with Crippen LogP contribution < -0.4 is 22.8 Å². The monoisotopic (exact) mass is 882 g/mol. The normalized spacial score (nSPS) is 13.5. The summed E-state index contributed by atoms with van der Waals surface area (Å²) in [5.41, 5.74) is 10.9. The van der Waals surface area contributed by atoms with Crippen molar-refractivity contribution in [2.45, 2.75) is 90.5 Å². The number of halogens is 1. The Labute approximate surface area is 358 Å². The quantitative estimate of drug-likeness (QED) is 0.0754. The maximum absolute atomic E-state index is 4.21. The molecule has 7 heterocycles. The van der Waals surface area contributed by atoms with E-state index >= 15 is 0 Å². The number of aromatic nitrogens is 7. The highest BCUT2D eigenvalue weighted by Gasteiger charge is 2.40. The zero-order valence-corrected chi connectivity index (χ0v) is 36.6. The number of rotatable bonds is 11. The van der Waals surface area contributed by atoms with E-state index in [0.717, 1.165) is 45.6 Å².